The third kappa shape index (κ3) is 3.86. The Bertz CT molecular complexity index is 1440. The number of carbonyl (C=O) groups is 1. The zero-order valence-corrected chi connectivity index (χ0v) is 17.0. The summed E-state index contributed by atoms with van der Waals surface area (Å²) in [5.74, 6) is -0.181. The summed E-state index contributed by atoms with van der Waals surface area (Å²) in [6, 6.07) is 19.8. The van der Waals surface area contributed by atoms with Gasteiger partial charge in [0.15, 0.2) is 0 Å². The minimum atomic E-state index is -0.204. The monoisotopic (exact) mass is 428 g/mol. The lowest BCUT2D eigenvalue weighted by molar-refractivity contribution is 0.0950. The fourth-order valence-corrected chi connectivity index (χ4v) is 3.93. The predicted molar refractivity (Wildman–Crippen MR) is 120 cm³/mol. The molecule has 0 unspecified atom stereocenters. The van der Waals surface area contributed by atoms with Crippen LogP contribution in [0.1, 0.15) is 16.1 Å². The Morgan fingerprint density at radius 2 is 1.81 bits per heavy atom. The topological polar surface area (TPSA) is 101 Å². The van der Waals surface area contributed by atoms with E-state index in [0.717, 1.165) is 11.4 Å². The number of para-hydroxylation sites is 1. The van der Waals surface area contributed by atoms with Gasteiger partial charge in [0.25, 0.3) is 11.5 Å². The molecule has 5 rings (SSSR count). The number of anilines is 2. The number of aromatic nitrogens is 4. The van der Waals surface area contributed by atoms with Crippen LogP contribution in [0.5, 0.6) is 0 Å². The van der Waals surface area contributed by atoms with Crippen LogP contribution in [-0.4, -0.2) is 25.5 Å². The smallest absolute Gasteiger partial charge is 0.283 e. The summed E-state index contributed by atoms with van der Waals surface area (Å²) in [5, 5.41) is 11.4. The van der Waals surface area contributed by atoms with Gasteiger partial charge in [0.1, 0.15) is 0 Å². The normalized spacial score (nSPS) is 11.0. The molecule has 2 N–H and O–H groups in total. The minimum absolute atomic E-state index is 0.181. The van der Waals surface area contributed by atoms with E-state index in [9.17, 15) is 9.59 Å². The molecular weight excluding hydrogens is 412 g/mol. The molecule has 0 atom stereocenters. The molecule has 0 saturated heterocycles. The molecule has 1 amide bonds. The van der Waals surface area contributed by atoms with Crippen molar-refractivity contribution in [1.29, 1.82) is 0 Å². The number of carbonyl (C=O) groups excluding carboxylic acids is 1. The number of rotatable bonds is 5. The van der Waals surface area contributed by atoms with E-state index >= 15 is 0 Å². The summed E-state index contributed by atoms with van der Waals surface area (Å²) in [6.07, 6.45) is 1.69. The van der Waals surface area contributed by atoms with Crippen molar-refractivity contribution < 1.29 is 4.79 Å². The number of nitrogens with zero attached hydrogens (tertiary/aromatic N) is 4. The number of benzene rings is 2. The Morgan fingerprint density at radius 1 is 1.00 bits per heavy atom. The Labute approximate surface area is 180 Å². The maximum absolute atomic E-state index is 12.6. The minimum Gasteiger partial charge on any atom is -0.346 e. The first kappa shape index (κ1) is 18.9. The molecular formula is C22H16N6O2S. The van der Waals surface area contributed by atoms with E-state index in [1.54, 1.807) is 48.7 Å². The fraction of sp³-hybridized carbons (Fsp3) is 0.0455. The van der Waals surface area contributed by atoms with Gasteiger partial charge in [0.2, 0.25) is 10.1 Å². The van der Waals surface area contributed by atoms with Crippen molar-refractivity contribution >= 4 is 43.9 Å². The van der Waals surface area contributed by atoms with Crippen LogP contribution in [0.25, 0.3) is 15.9 Å². The molecule has 31 heavy (non-hydrogen) atoms. The van der Waals surface area contributed by atoms with Crippen molar-refractivity contribution in [2.45, 2.75) is 6.54 Å². The summed E-state index contributed by atoms with van der Waals surface area (Å²) in [6.45, 7) is 0.363. The summed E-state index contributed by atoms with van der Waals surface area (Å²) in [4.78, 5) is 34.2. The number of pyridine rings is 1. The number of amides is 1. The molecule has 0 aliphatic heterocycles. The Balaban J connectivity index is 1.32. The maximum Gasteiger partial charge on any atom is 0.283 e. The summed E-state index contributed by atoms with van der Waals surface area (Å²) >= 11 is 1.28. The molecule has 0 bridgehead atoms. The van der Waals surface area contributed by atoms with Crippen molar-refractivity contribution in [3.05, 3.63) is 94.5 Å². The third-order valence-electron chi connectivity index (χ3n) is 4.66. The average molecular weight is 428 g/mol. The molecule has 0 aliphatic carbocycles. The van der Waals surface area contributed by atoms with Gasteiger partial charge in [-0.15, -0.1) is 5.10 Å². The van der Waals surface area contributed by atoms with Gasteiger partial charge in [0, 0.05) is 17.4 Å². The van der Waals surface area contributed by atoms with Gasteiger partial charge in [-0.05, 0) is 48.5 Å². The van der Waals surface area contributed by atoms with E-state index in [2.05, 4.69) is 25.7 Å². The highest BCUT2D eigenvalue weighted by molar-refractivity contribution is 7.20. The van der Waals surface area contributed by atoms with Gasteiger partial charge in [0.05, 0.1) is 23.1 Å². The highest BCUT2D eigenvalue weighted by Gasteiger charge is 2.11. The van der Waals surface area contributed by atoms with E-state index in [0.29, 0.717) is 33.1 Å². The summed E-state index contributed by atoms with van der Waals surface area (Å²) in [7, 11) is 0. The Hall–Kier alpha value is -4.11. The quantitative estimate of drug-likeness (QED) is 0.445. The van der Waals surface area contributed by atoms with Gasteiger partial charge < -0.3 is 10.6 Å². The molecule has 2 aromatic carbocycles. The second-order valence-electron chi connectivity index (χ2n) is 6.74. The number of nitrogens with one attached hydrogen (secondary N) is 2. The second kappa shape index (κ2) is 7.96. The first-order chi connectivity index (χ1) is 15.2. The molecule has 8 nitrogen and oxygen atoms in total. The lowest BCUT2D eigenvalue weighted by Crippen LogP contribution is -2.23. The van der Waals surface area contributed by atoms with E-state index in [4.69, 9.17) is 0 Å². The summed E-state index contributed by atoms with van der Waals surface area (Å²) in [5.41, 5.74) is 2.52. The SMILES string of the molecule is O=C(NCc1ccccn1)c1ccc(Nc2nn3c(=O)c4ccccc4nc3s2)cc1. The Kier molecular flexibility index (Phi) is 4.85. The van der Waals surface area contributed by atoms with Crippen molar-refractivity contribution in [1.82, 2.24) is 24.9 Å². The van der Waals surface area contributed by atoms with E-state index in [1.165, 1.54) is 15.9 Å². The second-order valence-corrected chi connectivity index (χ2v) is 7.70. The van der Waals surface area contributed by atoms with Gasteiger partial charge in [-0.3, -0.25) is 14.6 Å². The van der Waals surface area contributed by atoms with Crippen LogP contribution in [0.2, 0.25) is 0 Å². The van der Waals surface area contributed by atoms with Gasteiger partial charge in [-0.25, -0.2) is 4.98 Å². The lowest BCUT2D eigenvalue weighted by Gasteiger charge is -2.06. The van der Waals surface area contributed by atoms with Crippen LogP contribution in [-0.2, 0) is 6.54 Å². The molecule has 0 fully saturated rings. The largest absolute Gasteiger partial charge is 0.346 e. The molecule has 3 heterocycles. The van der Waals surface area contributed by atoms with Crippen LogP contribution in [0.4, 0.5) is 10.8 Å². The molecule has 152 valence electrons. The van der Waals surface area contributed by atoms with Crippen LogP contribution in [0.15, 0.2) is 77.7 Å². The van der Waals surface area contributed by atoms with Gasteiger partial charge >= 0.3 is 0 Å². The van der Waals surface area contributed by atoms with Gasteiger partial charge in [-0.2, -0.15) is 4.52 Å². The molecule has 9 heteroatoms. The maximum atomic E-state index is 12.6. The van der Waals surface area contributed by atoms with Crippen molar-refractivity contribution in [3.63, 3.8) is 0 Å². The average Bonchev–Trinajstić information content (AvgIpc) is 3.21. The molecule has 0 radical (unpaired) electrons. The summed E-state index contributed by atoms with van der Waals surface area (Å²) < 4.78 is 1.30. The molecule has 5 aromatic rings. The zero-order valence-electron chi connectivity index (χ0n) is 16.1. The van der Waals surface area contributed by atoms with Crippen molar-refractivity contribution in [3.8, 4) is 0 Å². The van der Waals surface area contributed by atoms with Crippen molar-refractivity contribution in [2.75, 3.05) is 5.32 Å². The standard InChI is InChI=1S/C22H16N6O2S/c29-19(24-13-16-5-3-4-12-23-16)14-8-10-15(11-9-14)25-21-27-28-20(30)17-6-1-2-7-18(17)26-22(28)31-21/h1-12H,13H2,(H,24,29)(H,25,27). The Morgan fingerprint density at radius 3 is 2.61 bits per heavy atom. The van der Waals surface area contributed by atoms with Crippen LogP contribution in [0, 0.1) is 0 Å². The predicted octanol–water partition coefficient (Wildman–Crippen LogP) is 3.37. The van der Waals surface area contributed by atoms with E-state index in [-0.39, 0.29) is 11.5 Å². The van der Waals surface area contributed by atoms with Crippen molar-refractivity contribution in [2.24, 2.45) is 0 Å². The molecule has 0 spiro atoms. The fourth-order valence-electron chi connectivity index (χ4n) is 3.11. The first-order valence-corrected chi connectivity index (χ1v) is 10.3. The van der Waals surface area contributed by atoms with E-state index in [1.807, 2.05) is 24.3 Å². The molecule has 3 aromatic heterocycles. The highest BCUT2D eigenvalue weighted by Crippen LogP contribution is 2.23. The number of hydrogen-bond acceptors (Lipinski definition) is 7. The third-order valence-corrected chi connectivity index (χ3v) is 5.48. The number of fused-ring (bicyclic) bond motifs is 2. The molecule has 0 aliphatic rings. The van der Waals surface area contributed by atoms with Gasteiger partial charge in [-0.1, -0.05) is 29.5 Å². The molecule has 0 saturated carbocycles. The van der Waals surface area contributed by atoms with Crippen LogP contribution in [0.3, 0.4) is 0 Å². The van der Waals surface area contributed by atoms with E-state index < -0.39 is 0 Å². The lowest BCUT2D eigenvalue weighted by atomic mass is 10.2. The zero-order chi connectivity index (χ0) is 21.2. The number of hydrogen-bond donors (Lipinski definition) is 2. The van der Waals surface area contributed by atoms with Crippen LogP contribution >= 0.6 is 11.3 Å². The first-order valence-electron chi connectivity index (χ1n) is 9.51. The highest BCUT2D eigenvalue weighted by atomic mass is 32.1. The van der Waals surface area contributed by atoms with Crippen LogP contribution < -0.4 is 16.2 Å².